The maximum Gasteiger partial charge on any atom is 0.220 e. The molecule has 0 aromatic heterocycles. The van der Waals surface area contributed by atoms with Gasteiger partial charge >= 0.3 is 0 Å². The number of amides is 1. The molecule has 2 aliphatic rings. The van der Waals surface area contributed by atoms with Crippen molar-refractivity contribution in [1.82, 2.24) is 10.2 Å². The van der Waals surface area contributed by atoms with Gasteiger partial charge in [0, 0.05) is 19.0 Å². The standard InChI is InChI=1S/C20H30N2O/c1-16(19-7-8-19)21-20(23)15-18-10-13-22(14-11-18)12-9-17-5-3-2-4-6-17/h2-6,16,18-19H,7-15H2,1H3,(H,21,23)/t16-/m1/s1. The summed E-state index contributed by atoms with van der Waals surface area (Å²) in [5.41, 5.74) is 1.42. The number of likely N-dealkylation sites (tertiary alicyclic amines) is 1. The first-order chi connectivity index (χ1) is 11.2. The topological polar surface area (TPSA) is 32.3 Å². The molecule has 1 atom stereocenters. The molecule has 1 aromatic rings. The summed E-state index contributed by atoms with van der Waals surface area (Å²) >= 11 is 0. The molecule has 0 bridgehead atoms. The van der Waals surface area contributed by atoms with E-state index in [2.05, 4.69) is 47.5 Å². The molecule has 3 rings (SSSR count). The van der Waals surface area contributed by atoms with E-state index in [1.807, 2.05) is 0 Å². The molecule has 23 heavy (non-hydrogen) atoms. The van der Waals surface area contributed by atoms with E-state index in [0.717, 1.165) is 38.4 Å². The molecule has 1 N–H and O–H groups in total. The van der Waals surface area contributed by atoms with Crippen LogP contribution in [0.25, 0.3) is 0 Å². The van der Waals surface area contributed by atoms with E-state index >= 15 is 0 Å². The second-order valence-corrected chi connectivity index (χ2v) is 7.42. The highest BCUT2D eigenvalue weighted by Gasteiger charge is 2.29. The van der Waals surface area contributed by atoms with Gasteiger partial charge < -0.3 is 10.2 Å². The van der Waals surface area contributed by atoms with Gasteiger partial charge in [0.2, 0.25) is 5.91 Å². The van der Waals surface area contributed by atoms with E-state index in [0.29, 0.717) is 12.0 Å². The van der Waals surface area contributed by atoms with E-state index in [4.69, 9.17) is 0 Å². The van der Waals surface area contributed by atoms with Crippen molar-refractivity contribution >= 4 is 5.91 Å². The summed E-state index contributed by atoms with van der Waals surface area (Å²) in [7, 11) is 0. The van der Waals surface area contributed by atoms with Gasteiger partial charge in [-0.15, -0.1) is 0 Å². The number of rotatable bonds is 7. The Morgan fingerprint density at radius 2 is 1.87 bits per heavy atom. The highest BCUT2D eigenvalue weighted by molar-refractivity contribution is 5.76. The second kappa shape index (κ2) is 7.96. The summed E-state index contributed by atoms with van der Waals surface area (Å²) in [5.74, 6) is 1.60. The number of carbonyl (C=O) groups is 1. The van der Waals surface area contributed by atoms with Crippen molar-refractivity contribution in [2.24, 2.45) is 11.8 Å². The largest absolute Gasteiger partial charge is 0.353 e. The molecule has 3 nitrogen and oxygen atoms in total. The first-order valence-electron chi connectivity index (χ1n) is 9.26. The quantitative estimate of drug-likeness (QED) is 0.838. The minimum atomic E-state index is 0.270. The lowest BCUT2D eigenvalue weighted by molar-refractivity contribution is -0.123. The molecule has 0 unspecified atom stereocenters. The molecular formula is C20H30N2O. The highest BCUT2D eigenvalue weighted by atomic mass is 16.1. The van der Waals surface area contributed by atoms with Crippen molar-refractivity contribution in [1.29, 1.82) is 0 Å². The van der Waals surface area contributed by atoms with Crippen LogP contribution in [0.1, 0.15) is 44.6 Å². The van der Waals surface area contributed by atoms with Crippen molar-refractivity contribution in [3.05, 3.63) is 35.9 Å². The molecule has 1 aliphatic carbocycles. The monoisotopic (exact) mass is 314 g/mol. The lowest BCUT2D eigenvalue weighted by atomic mass is 9.93. The van der Waals surface area contributed by atoms with Gasteiger partial charge in [0.1, 0.15) is 0 Å². The smallest absolute Gasteiger partial charge is 0.220 e. The average molecular weight is 314 g/mol. The Morgan fingerprint density at radius 1 is 1.17 bits per heavy atom. The van der Waals surface area contributed by atoms with Crippen LogP contribution in [0.3, 0.4) is 0 Å². The number of nitrogens with zero attached hydrogens (tertiary/aromatic N) is 1. The van der Waals surface area contributed by atoms with E-state index in [9.17, 15) is 4.79 Å². The minimum Gasteiger partial charge on any atom is -0.353 e. The average Bonchev–Trinajstić information content (AvgIpc) is 3.40. The van der Waals surface area contributed by atoms with Crippen LogP contribution < -0.4 is 5.32 Å². The predicted octanol–water partition coefficient (Wildman–Crippen LogP) is 3.25. The Hall–Kier alpha value is -1.35. The number of hydrogen-bond donors (Lipinski definition) is 1. The fourth-order valence-corrected chi connectivity index (χ4v) is 3.64. The molecular weight excluding hydrogens is 284 g/mol. The van der Waals surface area contributed by atoms with Crippen LogP contribution in [0.4, 0.5) is 0 Å². The number of benzene rings is 1. The Labute approximate surface area is 140 Å². The maximum atomic E-state index is 12.1. The first kappa shape index (κ1) is 16.5. The SMILES string of the molecule is C[C@@H](NC(=O)CC1CCN(CCc2ccccc2)CC1)C1CC1. The molecule has 1 heterocycles. The lowest BCUT2D eigenvalue weighted by Crippen LogP contribution is -2.39. The normalized spacial score (nSPS) is 21.1. The third kappa shape index (κ3) is 5.35. The Kier molecular flexibility index (Phi) is 5.71. The van der Waals surface area contributed by atoms with Crippen molar-refractivity contribution in [3.8, 4) is 0 Å². The molecule has 126 valence electrons. The van der Waals surface area contributed by atoms with E-state index in [-0.39, 0.29) is 5.91 Å². The summed E-state index contributed by atoms with van der Waals surface area (Å²) < 4.78 is 0. The summed E-state index contributed by atoms with van der Waals surface area (Å²) in [5, 5.41) is 3.19. The maximum absolute atomic E-state index is 12.1. The Bertz CT molecular complexity index is 490. The van der Waals surface area contributed by atoms with Gasteiger partial charge in [0.15, 0.2) is 0 Å². The summed E-state index contributed by atoms with van der Waals surface area (Å²) in [4.78, 5) is 14.7. The van der Waals surface area contributed by atoms with Gasteiger partial charge in [-0.3, -0.25) is 4.79 Å². The summed E-state index contributed by atoms with van der Waals surface area (Å²) in [6.07, 6.45) is 6.77. The van der Waals surface area contributed by atoms with Crippen molar-refractivity contribution in [2.45, 2.75) is 51.5 Å². The Morgan fingerprint density at radius 3 is 2.52 bits per heavy atom. The van der Waals surface area contributed by atoms with Crippen LogP contribution in [0.5, 0.6) is 0 Å². The molecule has 0 radical (unpaired) electrons. The third-order valence-electron chi connectivity index (χ3n) is 5.46. The number of piperidine rings is 1. The third-order valence-corrected chi connectivity index (χ3v) is 5.46. The molecule has 1 aromatic carbocycles. The van der Waals surface area contributed by atoms with Gasteiger partial charge in [-0.05, 0) is 69.5 Å². The van der Waals surface area contributed by atoms with Gasteiger partial charge in [0.25, 0.3) is 0 Å². The fourth-order valence-electron chi connectivity index (χ4n) is 3.64. The van der Waals surface area contributed by atoms with Crippen molar-refractivity contribution in [3.63, 3.8) is 0 Å². The summed E-state index contributed by atoms with van der Waals surface area (Å²) in [6, 6.07) is 11.1. The van der Waals surface area contributed by atoms with Gasteiger partial charge in [0.05, 0.1) is 0 Å². The zero-order chi connectivity index (χ0) is 16.1. The van der Waals surface area contributed by atoms with Gasteiger partial charge in [-0.2, -0.15) is 0 Å². The number of carbonyl (C=O) groups excluding carboxylic acids is 1. The van der Waals surface area contributed by atoms with Crippen molar-refractivity contribution in [2.75, 3.05) is 19.6 Å². The molecule has 3 heteroatoms. The Balaban J connectivity index is 1.32. The second-order valence-electron chi connectivity index (χ2n) is 7.42. The zero-order valence-corrected chi connectivity index (χ0v) is 14.3. The highest BCUT2D eigenvalue weighted by Crippen LogP contribution is 2.32. The van der Waals surface area contributed by atoms with Crippen LogP contribution in [0.15, 0.2) is 30.3 Å². The molecule has 1 amide bonds. The van der Waals surface area contributed by atoms with Crippen LogP contribution in [-0.4, -0.2) is 36.5 Å². The fraction of sp³-hybridized carbons (Fsp3) is 0.650. The number of nitrogens with one attached hydrogen (secondary N) is 1. The van der Waals surface area contributed by atoms with Crippen molar-refractivity contribution < 1.29 is 4.79 Å². The van der Waals surface area contributed by atoms with E-state index in [1.165, 1.54) is 31.2 Å². The van der Waals surface area contributed by atoms with E-state index in [1.54, 1.807) is 0 Å². The zero-order valence-electron chi connectivity index (χ0n) is 14.3. The van der Waals surface area contributed by atoms with Crippen LogP contribution in [0, 0.1) is 11.8 Å². The number of hydrogen-bond acceptors (Lipinski definition) is 2. The molecule has 2 fully saturated rings. The lowest BCUT2D eigenvalue weighted by Gasteiger charge is -2.32. The minimum absolute atomic E-state index is 0.270. The molecule has 1 aliphatic heterocycles. The predicted molar refractivity (Wildman–Crippen MR) is 94.3 cm³/mol. The van der Waals surface area contributed by atoms with Crippen LogP contribution in [-0.2, 0) is 11.2 Å². The van der Waals surface area contributed by atoms with Crippen LogP contribution in [0.2, 0.25) is 0 Å². The first-order valence-corrected chi connectivity index (χ1v) is 9.26. The molecule has 0 spiro atoms. The molecule has 1 saturated heterocycles. The van der Waals surface area contributed by atoms with Gasteiger partial charge in [-0.25, -0.2) is 0 Å². The molecule has 1 saturated carbocycles. The van der Waals surface area contributed by atoms with Gasteiger partial charge in [-0.1, -0.05) is 30.3 Å². The van der Waals surface area contributed by atoms with Crippen LogP contribution >= 0.6 is 0 Å². The van der Waals surface area contributed by atoms with E-state index < -0.39 is 0 Å². The summed E-state index contributed by atoms with van der Waals surface area (Å²) in [6.45, 7) is 5.58.